The van der Waals surface area contributed by atoms with Crippen LogP contribution in [0.1, 0.15) is 5.56 Å². The zero-order valence-corrected chi connectivity index (χ0v) is 16.4. The first-order chi connectivity index (χ1) is 11.4. The van der Waals surface area contributed by atoms with Crippen molar-refractivity contribution in [2.75, 3.05) is 0 Å². The highest BCUT2D eigenvalue weighted by atomic mass is 32.1. The SMILES string of the molecule is Cc1ccc(-c2cccc3c2sc2cc([Si](C)(C)C)ccc23)nc1. The molecule has 120 valence electrons. The molecular weight excluding hydrogens is 326 g/mol. The monoisotopic (exact) mass is 347 g/mol. The minimum atomic E-state index is -1.29. The maximum atomic E-state index is 4.64. The summed E-state index contributed by atoms with van der Waals surface area (Å²) in [5, 5.41) is 4.24. The first-order valence-electron chi connectivity index (χ1n) is 8.32. The molecule has 0 bridgehead atoms. The fourth-order valence-corrected chi connectivity index (χ4v) is 5.62. The van der Waals surface area contributed by atoms with Crippen molar-refractivity contribution in [2.45, 2.75) is 26.6 Å². The molecule has 0 spiro atoms. The molecular formula is C21H21NSSi. The van der Waals surface area contributed by atoms with Gasteiger partial charge in [0.2, 0.25) is 0 Å². The third-order valence-corrected chi connectivity index (χ3v) is 7.80. The predicted molar refractivity (Wildman–Crippen MR) is 110 cm³/mol. The molecule has 0 aliphatic heterocycles. The van der Waals surface area contributed by atoms with Gasteiger partial charge in [0, 0.05) is 31.9 Å². The Bertz CT molecular complexity index is 1040. The Morgan fingerprint density at radius 1 is 0.917 bits per heavy atom. The van der Waals surface area contributed by atoms with Gasteiger partial charge in [0.05, 0.1) is 13.8 Å². The minimum Gasteiger partial charge on any atom is -0.256 e. The lowest BCUT2D eigenvalue weighted by molar-refractivity contribution is 1.27. The molecule has 4 aromatic rings. The van der Waals surface area contributed by atoms with E-state index >= 15 is 0 Å². The van der Waals surface area contributed by atoms with Crippen LogP contribution in [-0.4, -0.2) is 13.1 Å². The van der Waals surface area contributed by atoms with E-state index in [2.05, 4.69) is 80.1 Å². The van der Waals surface area contributed by atoms with Crippen molar-refractivity contribution < 1.29 is 0 Å². The zero-order chi connectivity index (χ0) is 16.9. The molecule has 2 aromatic heterocycles. The number of fused-ring (bicyclic) bond motifs is 3. The number of thiophene rings is 1. The molecule has 0 saturated heterocycles. The van der Waals surface area contributed by atoms with Gasteiger partial charge in [-0.15, -0.1) is 11.3 Å². The van der Waals surface area contributed by atoms with E-state index in [1.165, 1.54) is 36.5 Å². The second kappa shape index (κ2) is 5.54. The summed E-state index contributed by atoms with van der Waals surface area (Å²) < 4.78 is 2.74. The van der Waals surface area contributed by atoms with Crippen molar-refractivity contribution in [2.24, 2.45) is 0 Å². The van der Waals surface area contributed by atoms with Gasteiger partial charge in [0.15, 0.2) is 0 Å². The summed E-state index contributed by atoms with van der Waals surface area (Å²) in [6.07, 6.45) is 1.95. The summed E-state index contributed by atoms with van der Waals surface area (Å²) >= 11 is 1.90. The molecule has 0 radical (unpaired) electrons. The lowest BCUT2D eigenvalue weighted by Gasteiger charge is -2.16. The number of aryl methyl sites for hydroxylation is 1. The molecule has 0 aliphatic carbocycles. The van der Waals surface area contributed by atoms with Crippen molar-refractivity contribution in [3.8, 4) is 11.3 Å². The molecule has 0 unspecified atom stereocenters. The third kappa shape index (κ3) is 2.58. The summed E-state index contributed by atoms with van der Waals surface area (Å²) in [4.78, 5) is 4.64. The molecule has 24 heavy (non-hydrogen) atoms. The van der Waals surface area contributed by atoms with Crippen LogP contribution in [0.5, 0.6) is 0 Å². The molecule has 1 nitrogen and oxygen atoms in total. The van der Waals surface area contributed by atoms with Gasteiger partial charge in [0.25, 0.3) is 0 Å². The zero-order valence-electron chi connectivity index (χ0n) is 14.6. The Balaban J connectivity index is 1.98. The Labute approximate surface area is 148 Å². The minimum absolute atomic E-state index is 1.06. The van der Waals surface area contributed by atoms with Gasteiger partial charge in [-0.25, -0.2) is 0 Å². The largest absolute Gasteiger partial charge is 0.256 e. The van der Waals surface area contributed by atoms with Crippen molar-refractivity contribution in [1.29, 1.82) is 0 Å². The highest BCUT2D eigenvalue weighted by molar-refractivity contribution is 7.26. The van der Waals surface area contributed by atoms with Gasteiger partial charge in [0.1, 0.15) is 0 Å². The van der Waals surface area contributed by atoms with Gasteiger partial charge in [-0.05, 0) is 24.6 Å². The molecule has 0 amide bonds. The van der Waals surface area contributed by atoms with E-state index in [1.807, 2.05) is 17.5 Å². The van der Waals surface area contributed by atoms with Crippen LogP contribution in [0.15, 0.2) is 54.7 Å². The Hall–Kier alpha value is -1.97. The topological polar surface area (TPSA) is 12.9 Å². The third-order valence-electron chi connectivity index (χ3n) is 4.55. The smallest absolute Gasteiger partial charge is 0.0776 e. The van der Waals surface area contributed by atoms with Crippen LogP contribution in [-0.2, 0) is 0 Å². The van der Waals surface area contributed by atoms with Crippen LogP contribution in [0.3, 0.4) is 0 Å². The summed E-state index contributed by atoms with van der Waals surface area (Å²) in [6, 6.07) is 17.9. The van der Waals surface area contributed by atoms with Crippen LogP contribution >= 0.6 is 11.3 Å². The lowest BCUT2D eigenvalue weighted by atomic mass is 10.1. The number of pyridine rings is 1. The number of benzene rings is 2. The molecule has 0 atom stereocenters. The average molecular weight is 348 g/mol. The summed E-state index contributed by atoms with van der Waals surface area (Å²) in [5.41, 5.74) is 3.49. The quantitative estimate of drug-likeness (QED) is 0.407. The van der Waals surface area contributed by atoms with Crippen molar-refractivity contribution >= 4 is 44.8 Å². The second-order valence-electron chi connectivity index (χ2n) is 7.47. The normalized spacial score (nSPS) is 12.2. The van der Waals surface area contributed by atoms with E-state index in [4.69, 9.17) is 0 Å². The first kappa shape index (κ1) is 15.5. The highest BCUT2D eigenvalue weighted by Gasteiger charge is 2.18. The van der Waals surface area contributed by atoms with Gasteiger partial charge in [-0.3, -0.25) is 4.98 Å². The molecule has 0 fully saturated rings. The van der Waals surface area contributed by atoms with Crippen molar-refractivity contribution in [3.05, 3.63) is 60.3 Å². The lowest BCUT2D eigenvalue weighted by Crippen LogP contribution is -2.37. The van der Waals surface area contributed by atoms with E-state index in [1.54, 1.807) is 0 Å². The highest BCUT2D eigenvalue weighted by Crippen LogP contribution is 2.39. The maximum absolute atomic E-state index is 4.64. The second-order valence-corrected chi connectivity index (χ2v) is 13.6. The summed E-state index contributed by atoms with van der Waals surface area (Å²) in [6.45, 7) is 9.30. The molecule has 0 aliphatic rings. The van der Waals surface area contributed by atoms with Crippen molar-refractivity contribution in [1.82, 2.24) is 4.98 Å². The fraction of sp³-hybridized carbons (Fsp3) is 0.190. The molecule has 2 heterocycles. The van der Waals surface area contributed by atoms with Crippen LogP contribution in [0, 0.1) is 6.92 Å². The first-order valence-corrected chi connectivity index (χ1v) is 12.6. The standard InChI is InChI=1S/C21H21NSSi/c1-14-8-11-19(22-13-14)18-7-5-6-17-16-10-9-15(24(2,3)4)12-20(16)23-21(17)18/h5-13H,1-4H3. The van der Waals surface area contributed by atoms with Crippen LogP contribution in [0.2, 0.25) is 19.6 Å². The van der Waals surface area contributed by atoms with Gasteiger partial charge < -0.3 is 0 Å². The summed E-state index contributed by atoms with van der Waals surface area (Å²) in [5.74, 6) is 0. The van der Waals surface area contributed by atoms with Crippen LogP contribution in [0.4, 0.5) is 0 Å². The number of aromatic nitrogens is 1. The van der Waals surface area contributed by atoms with Crippen LogP contribution in [0.25, 0.3) is 31.4 Å². The number of nitrogens with zero attached hydrogens (tertiary/aromatic N) is 1. The number of hydrogen-bond donors (Lipinski definition) is 0. The molecule has 0 N–H and O–H groups in total. The average Bonchev–Trinajstić information content (AvgIpc) is 2.92. The maximum Gasteiger partial charge on any atom is 0.0776 e. The fourth-order valence-electron chi connectivity index (χ4n) is 3.09. The molecule has 3 heteroatoms. The molecule has 0 saturated carbocycles. The van der Waals surface area contributed by atoms with E-state index in [0.29, 0.717) is 0 Å². The van der Waals surface area contributed by atoms with E-state index in [-0.39, 0.29) is 0 Å². The predicted octanol–water partition coefficient (Wildman–Crippen LogP) is 5.97. The number of hydrogen-bond acceptors (Lipinski definition) is 2. The number of rotatable bonds is 2. The van der Waals surface area contributed by atoms with Crippen LogP contribution < -0.4 is 5.19 Å². The van der Waals surface area contributed by atoms with E-state index < -0.39 is 8.07 Å². The molecule has 2 aromatic carbocycles. The Morgan fingerprint density at radius 2 is 1.75 bits per heavy atom. The Morgan fingerprint density at radius 3 is 2.46 bits per heavy atom. The van der Waals surface area contributed by atoms with E-state index in [0.717, 1.165) is 5.69 Å². The summed E-state index contributed by atoms with van der Waals surface area (Å²) in [7, 11) is -1.29. The van der Waals surface area contributed by atoms with E-state index in [9.17, 15) is 0 Å². The Kier molecular flexibility index (Phi) is 3.59. The van der Waals surface area contributed by atoms with Gasteiger partial charge >= 0.3 is 0 Å². The molecule has 4 rings (SSSR count). The van der Waals surface area contributed by atoms with Crippen molar-refractivity contribution in [3.63, 3.8) is 0 Å². The van der Waals surface area contributed by atoms with Gasteiger partial charge in [-0.2, -0.15) is 0 Å². The van der Waals surface area contributed by atoms with Gasteiger partial charge in [-0.1, -0.05) is 61.2 Å².